The van der Waals surface area contributed by atoms with Gasteiger partial charge in [0.1, 0.15) is 18.3 Å². The van der Waals surface area contributed by atoms with E-state index in [-0.39, 0.29) is 29.5 Å². The van der Waals surface area contributed by atoms with Gasteiger partial charge in [-0.15, -0.1) is 0 Å². The van der Waals surface area contributed by atoms with Crippen molar-refractivity contribution in [2.75, 3.05) is 13.2 Å². The molecule has 2 fully saturated rings. The third-order valence-electron chi connectivity index (χ3n) is 5.59. The first-order valence-electron chi connectivity index (χ1n) is 9.15. The summed E-state index contributed by atoms with van der Waals surface area (Å²) in [5, 5.41) is 18.4. The number of carbonyl (C=O) groups excluding carboxylic acids is 2. The van der Waals surface area contributed by atoms with Crippen LogP contribution in [0.4, 0.5) is 0 Å². The van der Waals surface area contributed by atoms with Gasteiger partial charge in [-0.2, -0.15) is 0 Å². The Hall–Kier alpha value is -1.96. The van der Waals surface area contributed by atoms with Gasteiger partial charge in [0.25, 0.3) is 0 Å². The highest BCUT2D eigenvalue weighted by molar-refractivity contribution is 5.92. The lowest BCUT2D eigenvalue weighted by atomic mass is 9.82. The Morgan fingerprint density at radius 2 is 2.22 bits per heavy atom. The van der Waals surface area contributed by atoms with E-state index in [1.807, 2.05) is 13.8 Å². The van der Waals surface area contributed by atoms with E-state index in [4.69, 9.17) is 19.3 Å². The van der Waals surface area contributed by atoms with Gasteiger partial charge >= 0.3 is 11.9 Å². The number of hydrogen-bond acceptors (Lipinski definition) is 7. The number of allylic oxidation sites excluding steroid dienone is 1. The van der Waals surface area contributed by atoms with Crippen molar-refractivity contribution in [2.45, 2.75) is 57.0 Å². The number of esters is 2. The SMILES string of the molecule is C=C1C(=O)O[C@H]2[C@H]1[C@@H](OC(=O)/C(=C/CO)CO)C/C(C)=C/CC[C@@]1(C)O[C@H]21. The second kappa shape index (κ2) is 7.58. The van der Waals surface area contributed by atoms with Crippen LogP contribution in [0.2, 0.25) is 0 Å². The number of rotatable bonds is 4. The Labute approximate surface area is 158 Å². The minimum Gasteiger partial charge on any atom is -0.458 e. The van der Waals surface area contributed by atoms with Crippen LogP contribution < -0.4 is 0 Å². The Morgan fingerprint density at radius 3 is 2.89 bits per heavy atom. The highest BCUT2D eigenvalue weighted by Gasteiger charge is 2.63. The Kier molecular flexibility index (Phi) is 5.55. The van der Waals surface area contributed by atoms with Crippen LogP contribution in [-0.2, 0) is 23.8 Å². The zero-order valence-electron chi connectivity index (χ0n) is 15.6. The minimum absolute atomic E-state index is 0.0314. The van der Waals surface area contributed by atoms with E-state index in [1.54, 1.807) is 0 Å². The quantitative estimate of drug-likeness (QED) is 0.328. The smallest absolute Gasteiger partial charge is 0.336 e. The van der Waals surface area contributed by atoms with Crippen LogP contribution in [0.1, 0.15) is 33.1 Å². The van der Waals surface area contributed by atoms with E-state index in [2.05, 4.69) is 12.7 Å². The van der Waals surface area contributed by atoms with Crippen LogP contribution in [0.25, 0.3) is 0 Å². The van der Waals surface area contributed by atoms with E-state index in [1.165, 1.54) is 6.08 Å². The van der Waals surface area contributed by atoms with E-state index >= 15 is 0 Å². The molecule has 0 bridgehead atoms. The maximum atomic E-state index is 12.5. The van der Waals surface area contributed by atoms with Gasteiger partial charge in [-0.1, -0.05) is 18.2 Å². The van der Waals surface area contributed by atoms with Crippen LogP contribution in [-0.4, -0.2) is 59.3 Å². The summed E-state index contributed by atoms with van der Waals surface area (Å²) in [6.07, 6.45) is 3.85. The van der Waals surface area contributed by atoms with Gasteiger partial charge in [0, 0.05) is 12.0 Å². The average Bonchev–Trinajstić information content (AvgIpc) is 3.19. The molecule has 0 unspecified atom stereocenters. The second-order valence-corrected chi connectivity index (χ2v) is 7.58. The van der Waals surface area contributed by atoms with Crippen molar-refractivity contribution in [1.29, 1.82) is 0 Å². The number of epoxide rings is 1. The number of fused-ring (bicyclic) bond motifs is 3. The molecule has 0 spiro atoms. The molecule has 5 atom stereocenters. The first-order valence-corrected chi connectivity index (χ1v) is 9.15. The Bertz CT molecular complexity index is 707. The predicted octanol–water partition coefficient (Wildman–Crippen LogP) is 1.19. The zero-order chi connectivity index (χ0) is 19.8. The lowest BCUT2D eigenvalue weighted by Crippen LogP contribution is -2.38. The minimum atomic E-state index is -0.730. The maximum absolute atomic E-state index is 12.5. The van der Waals surface area contributed by atoms with Crippen molar-refractivity contribution < 1.29 is 34.0 Å². The molecule has 2 aliphatic heterocycles. The summed E-state index contributed by atoms with van der Waals surface area (Å²) in [5.74, 6) is -1.76. The summed E-state index contributed by atoms with van der Waals surface area (Å²) >= 11 is 0. The monoisotopic (exact) mass is 378 g/mol. The van der Waals surface area contributed by atoms with Crippen LogP contribution in [0.15, 0.2) is 35.5 Å². The van der Waals surface area contributed by atoms with Gasteiger partial charge in [-0.25, -0.2) is 9.59 Å². The number of carbonyl (C=O) groups is 2. The normalized spacial score (nSPS) is 38.2. The third kappa shape index (κ3) is 3.85. The molecule has 148 valence electrons. The van der Waals surface area contributed by atoms with Gasteiger partial charge in [0.15, 0.2) is 0 Å². The molecule has 2 heterocycles. The first-order chi connectivity index (χ1) is 12.8. The van der Waals surface area contributed by atoms with Crippen molar-refractivity contribution in [1.82, 2.24) is 0 Å². The molecule has 1 aliphatic carbocycles. The van der Waals surface area contributed by atoms with E-state index in [0.29, 0.717) is 6.42 Å². The molecule has 0 aromatic heterocycles. The molecule has 2 N–H and O–H groups in total. The fourth-order valence-electron chi connectivity index (χ4n) is 3.95. The van der Waals surface area contributed by atoms with Crippen molar-refractivity contribution in [3.05, 3.63) is 35.5 Å². The molecule has 7 heteroatoms. The van der Waals surface area contributed by atoms with Crippen LogP contribution in [0.5, 0.6) is 0 Å². The summed E-state index contributed by atoms with van der Waals surface area (Å²) in [4.78, 5) is 24.6. The van der Waals surface area contributed by atoms with Crippen LogP contribution in [0, 0.1) is 5.92 Å². The molecule has 3 aliphatic rings. The molecule has 0 aromatic carbocycles. The molecule has 27 heavy (non-hydrogen) atoms. The molecule has 0 amide bonds. The van der Waals surface area contributed by atoms with Gasteiger partial charge in [-0.05, 0) is 32.8 Å². The van der Waals surface area contributed by atoms with E-state index in [9.17, 15) is 14.7 Å². The number of hydrogen-bond donors (Lipinski definition) is 2. The van der Waals surface area contributed by atoms with E-state index < -0.39 is 36.7 Å². The van der Waals surface area contributed by atoms with Gasteiger partial charge in [0.2, 0.25) is 0 Å². The number of ether oxygens (including phenoxy) is 3. The molecular weight excluding hydrogens is 352 g/mol. The molecule has 2 saturated heterocycles. The molecule has 0 aromatic rings. The molecule has 0 saturated carbocycles. The topological polar surface area (TPSA) is 106 Å². The maximum Gasteiger partial charge on any atom is 0.336 e. The van der Waals surface area contributed by atoms with E-state index in [0.717, 1.165) is 18.4 Å². The first kappa shape index (κ1) is 19.8. The highest BCUT2D eigenvalue weighted by Crippen LogP contribution is 2.50. The fraction of sp³-hybridized carbons (Fsp3) is 0.600. The summed E-state index contributed by atoms with van der Waals surface area (Å²) in [7, 11) is 0. The number of aliphatic hydroxyl groups is 2. The van der Waals surface area contributed by atoms with Crippen LogP contribution in [0.3, 0.4) is 0 Å². The standard InChI is InChI=1S/C20H26O7/c1-11-5-4-7-20(3)17(27-20)16-15(12(2)18(23)26-16)14(9-11)25-19(24)13(10-22)6-8-21/h5-6,14-17,21-22H,2,4,7-10H2,1,3H3/b11-5+,13-6+/t14-,15+,16-,17+,20+/m0/s1. The predicted molar refractivity (Wildman–Crippen MR) is 95.5 cm³/mol. The Balaban J connectivity index is 1.92. The molecular formula is C20H26O7. The van der Waals surface area contributed by atoms with Crippen molar-refractivity contribution in [3.8, 4) is 0 Å². The average molecular weight is 378 g/mol. The lowest BCUT2D eigenvalue weighted by molar-refractivity contribution is -0.149. The second-order valence-electron chi connectivity index (χ2n) is 7.58. The van der Waals surface area contributed by atoms with Crippen molar-refractivity contribution in [3.63, 3.8) is 0 Å². The lowest BCUT2D eigenvalue weighted by Gasteiger charge is -2.28. The highest BCUT2D eigenvalue weighted by atomic mass is 16.6. The van der Waals surface area contributed by atoms with Crippen molar-refractivity contribution in [2.24, 2.45) is 5.92 Å². The van der Waals surface area contributed by atoms with Crippen LogP contribution >= 0.6 is 0 Å². The zero-order valence-corrected chi connectivity index (χ0v) is 15.6. The molecule has 3 rings (SSSR count). The van der Waals surface area contributed by atoms with Gasteiger partial charge in [0.05, 0.1) is 30.3 Å². The number of aliphatic hydroxyl groups excluding tert-OH is 2. The molecule has 0 radical (unpaired) electrons. The summed E-state index contributed by atoms with van der Waals surface area (Å²) in [6, 6.07) is 0. The fourth-order valence-corrected chi connectivity index (χ4v) is 3.95. The summed E-state index contributed by atoms with van der Waals surface area (Å²) in [5.41, 5.74) is 0.888. The van der Waals surface area contributed by atoms with Gasteiger partial charge < -0.3 is 24.4 Å². The molecule has 7 nitrogen and oxygen atoms in total. The Morgan fingerprint density at radius 1 is 1.48 bits per heavy atom. The largest absolute Gasteiger partial charge is 0.458 e. The summed E-state index contributed by atoms with van der Waals surface area (Å²) in [6.45, 7) is 6.86. The van der Waals surface area contributed by atoms with Crippen molar-refractivity contribution >= 4 is 11.9 Å². The van der Waals surface area contributed by atoms with Gasteiger partial charge in [-0.3, -0.25) is 0 Å². The summed E-state index contributed by atoms with van der Waals surface area (Å²) < 4.78 is 17.1. The third-order valence-corrected chi connectivity index (χ3v) is 5.59.